The quantitative estimate of drug-likeness (QED) is 0.646. The summed E-state index contributed by atoms with van der Waals surface area (Å²) in [6.45, 7) is 3.78. The van der Waals surface area contributed by atoms with Gasteiger partial charge < -0.3 is 10.6 Å². The molecular weight excluding hydrogens is 250 g/mol. The largest absolute Gasteiger partial charge is 0.387 e. The molecule has 0 radical (unpaired) electrons. The van der Waals surface area contributed by atoms with Crippen LogP contribution in [-0.4, -0.2) is 28.9 Å². The Morgan fingerprint density at radius 1 is 1.20 bits per heavy atom. The number of fused-ring (bicyclic) bond motifs is 1. The van der Waals surface area contributed by atoms with Gasteiger partial charge in [-0.2, -0.15) is 0 Å². The molecule has 104 valence electrons. The van der Waals surface area contributed by atoms with Crippen molar-refractivity contribution in [3.05, 3.63) is 30.0 Å². The minimum absolute atomic E-state index is 0.222. The molecule has 0 unspecified atom stereocenters. The van der Waals surface area contributed by atoms with Gasteiger partial charge in [-0.25, -0.2) is 9.97 Å². The Bertz CT molecular complexity index is 644. The van der Waals surface area contributed by atoms with Crippen LogP contribution in [0.15, 0.2) is 24.3 Å². The van der Waals surface area contributed by atoms with E-state index >= 15 is 0 Å². The molecule has 2 aromatic rings. The average molecular weight is 269 g/mol. The summed E-state index contributed by atoms with van der Waals surface area (Å²) < 4.78 is 0. The van der Waals surface area contributed by atoms with Crippen molar-refractivity contribution in [1.29, 1.82) is 5.41 Å². The minimum Gasteiger partial charge on any atom is -0.387 e. The lowest BCUT2D eigenvalue weighted by Crippen LogP contribution is -2.39. The number of aromatic nitrogens is 2. The number of nitrogens with zero attached hydrogens (tertiary/aromatic N) is 3. The molecule has 1 aromatic heterocycles. The van der Waals surface area contributed by atoms with Crippen LogP contribution in [0.3, 0.4) is 0 Å². The smallest absolute Gasteiger partial charge is 0.150 e. The number of para-hydroxylation sites is 2. The lowest BCUT2D eigenvalue weighted by Gasteiger charge is -2.32. The molecule has 1 aromatic carbocycles. The molecular formula is C15H19N5. The van der Waals surface area contributed by atoms with E-state index in [9.17, 15) is 0 Å². The van der Waals surface area contributed by atoms with Gasteiger partial charge in [0.1, 0.15) is 0 Å². The maximum absolute atomic E-state index is 7.54. The number of nitrogens with one attached hydrogen (secondary N) is 1. The average Bonchev–Trinajstić information content (AvgIpc) is 2.46. The first kappa shape index (κ1) is 12.8. The second-order valence-electron chi connectivity index (χ2n) is 5.34. The lowest BCUT2D eigenvalue weighted by atomic mass is 9.96. The van der Waals surface area contributed by atoms with Crippen LogP contribution >= 0.6 is 0 Å². The maximum atomic E-state index is 7.54. The molecule has 5 heteroatoms. The molecule has 0 spiro atoms. The number of hydrogen-bond acceptors (Lipinski definition) is 4. The zero-order valence-electron chi connectivity index (χ0n) is 11.6. The van der Waals surface area contributed by atoms with Crippen LogP contribution in [0.4, 0.5) is 5.82 Å². The fourth-order valence-electron chi connectivity index (χ4n) is 2.78. The summed E-state index contributed by atoms with van der Waals surface area (Å²) in [6.07, 6.45) is 1.84. The highest BCUT2D eigenvalue weighted by Gasteiger charge is 2.23. The summed E-state index contributed by atoms with van der Waals surface area (Å²) in [5.74, 6) is 1.50. The summed E-state index contributed by atoms with van der Waals surface area (Å²) >= 11 is 0. The molecule has 0 aliphatic carbocycles. The summed E-state index contributed by atoms with van der Waals surface area (Å²) in [5.41, 5.74) is 8.42. The van der Waals surface area contributed by atoms with Crippen molar-refractivity contribution >= 4 is 22.7 Å². The van der Waals surface area contributed by atoms with Crippen LogP contribution in [0.5, 0.6) is 0 Å². The predicted molar refractivity (Wildman–Crippen MR) is 81.1 cm³/mol. The van der Waals surface area contributed by atoms with Gasteiger partial charge in [-0.3, -0.25) is 5.41 Å². The summed E-state index contributed by atoms with van der Waals surface area (Å²) in [4.78, 5) is 11.6. The number of amidine groups is 1. The first-order chi connectivity index (χ1) is 9.65. The van der Waals surface area contributed by atoms with Gasteiger partial charge in [-0.15, -0.1) is 0 Å². The SMILES string of the molecule is Cc1nc2ccccc2nc1N1CCC(C(=N)N)CC1. The van der Waals surface area contributed by atoms with Crippen LogP contribution in [0.2, 0.25) is 0 Å². The van der Waals surface area contributed by atoms with E-state index in [0.717, 1.165) is 48.5 Å². The van der Waals surface area contributed by atoms with Gasteiger partial charge >= 0.3 is 0 Å². The van der Waals surface area contributed by atoms with E-state index in [4.69, 9.17) is 16.1 Å². The van der Waals surface area contributed by atoms with Crippen LogP contribution in [0, 0.1) is 18.3 Å². The molecule has 0 atom stereocenters. The van der Waals surface area contributed by atoms with Gasteiger partial charge in [0.25, 0.3) is 0 Å². The Hall–Kier alpha value is -2.17. The number of hydrogen-bond donors (Lipinski definition) is 2. The van der Waals surface area contributed by atoms with Crippen LogP contribution in [0.1, 0.15) is 18.5 Å². The number of rotatable bonds is 2. The Balaban J connectivity index is 1.87. The van der Waals surface area contributed by atoms with Crippen LogP contribution in [0.25, 0.3) is 11.0 Å². The fraction of sp³-hybridized carbons (Fsp3) is 0.400. The predicted octanol–water partition coefficient (Wildman–Crippen LogP) is 2.09. The van der Waals surface area contributed by atoms with Gasteiger partial charge in [-0.1, -0.05) is 12.1 Å². The summed E-state index contributed by atoms with van der Waals surface area (Å²) in [7, 11) is 0. The van der Waals surface area contributed by atoms with Crippen molar-refractivity contribution in [2.75, 3.05) is 18.0 Å². The normalized spacial score (nSPS) is 16.6. The third-order valence-electron chi connectivity index (χ3n) is 3.95. The van der Waals surface area contributed by atoms with Gasteiger partial charge in [0.05, 0.1) is 22.6 Å². The number of piperidine rings is 1. The van der Waals surface area contributed by atoms with Crippen molar-refractivity contribution in [1.82, 2.24) is 9.97 Å². The molecule has 0 amide bonds. The zero-order chi connectivity index (χ0) is 14.1. The van der Waals surface area contributed by atoms with E-state index < -0.39 is 0 Å². The third-order valence-corrected chi connectivity index (χ3v) is 3.95. The minimum atomic E-state index is 0.222. The second kappa shape index (κ2) is 5.07. The van der Waals surface area contributed by atoms with Crippen molar-refractivity contribution in [2.45, 2.75) is 19.8 Å². The van der Waals surface area contributed by atoms with Crippen molar-refractivity contribution in [3.63, 3.8) is 0 Å². The number of nitrogens with two attached hydrogens (primary N) is 1. The van der Waals surface area contributed by atoms with Crippen LogP contribution < -0.4 is 10.6 Å². The highest BCUT2D eigenvalue weighted by atomic mass is 15.2. The molecule has 3 rings (SSSR count). The first-order valence-corrected chi connectivity index (χ1v) is 6.97. The highest BCUT2D eigenvalue weighted by Crippen LogP contribution is 2.25. The molecule has 0 bridgehead atoms. The van der Waals surface area contributed by atoms with Gasteiger partial charge in [0, 0.05) is 19.0 Å². The number of benzene rings is 1. The Morgan fingerprint density at radius 3 is 2.40 bits per heavy atom. The van der Waals surface area contributed by atoms with Gasteiger partial charge in [-0.05, 0) is 31.9 Å². The van der Waals surface area contributed by atoms with Gasteiger partial charge in [0.15, 0.2) is 5.82 Å². The summed E-state index contributed by atoms with van der Waals surface area (Å²) in [6, 6.07) is 7.95. The third kappa shape index (κ3) is 2.31. The van der Waals surface area contributed by atoms with E-state index in [1.807, 2.05) is 31.2 Å². The highest BCUT2D eigenvalue weighted by molar-refractivity contribution is 5.80. The second-order valence-corrected chi connectivity index (χ2v) is 5.34. The molecule has 2 heterocycles. The monoisotopic (exact) mass is 269 g/mol. The molecule has 1 fully saturated rings. The Kier molecular flexibility index (Phi) is 3.26. The van der Waals surface area contributed by atoms with E-state index in [-0.39, 0.29) is 5.92 Å². The zero-order valence-corrected chi connectivity index (χ0v) is 11.6. The summed E-state index contributed by atoms with van der Waals surface area (Å²) in [5, 5.41) is 7.54. The number of aryl methyl sites for hydroxylation is 1. The van der Waals surface area contributed by atoms with E-state index in [2.05, 4.69) is 9.88 Å². The lowest BCUT2D eigenvalue weighted by molar-refractivity contribution is 0.494. The van der Waals surface area contributed by atoms with E-state index in [0.29, 0.717) is 5.84 Å². The Labute approximate surface area is 118 Å². The molecule has 0 saturated carbocycles. The molecule has 5 nitrogen and oxygen atoms in total. The van der Waals surface area contributed by atoms with Crippen molar-refractivity contribution in [2.24, 2.45) is 11.7 Å². The molecule has 1 aliphatic rings. The molecule has 3 N–H and O–H groups in total. The maximum Gasteiger partial charge on any atom is 0.150 e. The van der Waals surface area contributed by atoms with E-state index in [1.54, 1.807) is 0 Å². The Morgan fingerprint density at radius 2 is 1.80 bits per heavy atom. The first-order valence-electron chi connectivity index (χ1n) is 6.97. The number of anilines is 1. The van der Waals surface area contributed by atoms with Crippen molar-refractivity contribution in [3.8, 4) is 0 Å². The van der Waals surface area contributed by atoms with E-state index in [1.165, 1.54) is 0 Å². The topological polar surface area (TPSA) is 78.9 Å². The molecule has 1 aliphatic heterocycles. The van der Waals surface area contributed by atoms with Gasteiger partial charge in [0.2, 0.25) is 0 Å². The molecule has 1 saturated heterocycles. The van der Waals surface area contributed by atoms with Crippen molar-refractivity contribution < 1.29 is 0 Å². The van der Waals surface area contributed by atoms with Crippen LogP contribution in [-0.2, 0) is 0 Å². The fourth-order valence-corrected chi connectivity index (χ4v) is 2.78. The molecule has 20 heavy (non-hydrogen) atoms. The standard InChI is InChI=1S/C15H19N5/c1-10-15(19-13-5-3-2-4-12(13)18-10)20-8-6-11(7-9-20)14(16)17/h2-5,11H,6-9H2,1H3,(H3,16,17).